The molecule has 0 bridgehead atoms. The first-order valence-electron chi connectivity index (χ1n) is 9.09. The van der Waals surface area contributed by atoms with Crippen molar-refractivity contribution in [2.75, 3.05) is 13.1 Å². The highest BCUT2D eigenvalue weighted by Crippen LogP contribution is 2.36. The SMILES string of the molecule is CC(=O)O[C@H]1[C@H](OC(C)=O)[C@@H](OC(C)=O)CN2C[C@@H](OC(C)=O)[C@@H](OC(C)=O)[C@@H]12. The van der Waals surface area contributed by atoms with Gasteiger partial charge in [0.25, 0.3) is 0 Å². The van der Waals surface area contributed by atoms with Gasteiger partial charge in [0, 0.05) is 47.7 Å². The zero-order valence-corrected chi connectivity index (χ0v) is 16.9. The number of carbonyl (C=O) groups excluding carboxylic acids is 5. The van der Waals surface area contributed by atoms with Crippen LogP contribution >= 0.6 is 0 Å². The van der Waals surface area contributed by atoms with Crippen molar-refractivity contribution in [2.24, 2.45) is 0 Å². The van der Waals surface area contributed by atoms with E-state index < -0.39 is 66.4 Å². The van der Waals surface area contributed by atoms with E-state index in [4.69, 9.17) is 23.7 Å². The minimum Gasteiger partial charge on any atom is -0.457 e. The predicted molar refractivity (Wildman–Crippen MR) is 93.1 cm³/mol. The molecule has 2 rings (SSSR count). The fraction of sp³-hybridized carbons (Fsp3) is 0.722. The lowest BCUT2D eigenvalue weighted by Gasteiger charge is -2.44. The van der Waals surface area contributed by atoms with Gasteiger partial charge in [-0.05, 0) is 0 Å². The van der Waals surface area contributed by atoms with Crippen LogP contribution in [-0.4, -0.2) is 84.4 Å². The number of carbonyl (C=O) groups is 5. The standard InChI is InChI=1S/C18H25NO10/c1-8(20)25-13-6-19-7-14(26-9(2)21)17(28-11(4)23)18(29-12(5)24)15(19)16(13)27-10(3)22/h13-18H,6-7H2,1-5H3/t13-,14+,15+,16-,17-,18-/m1/s1. The van der Waals surface area contributed by atoms with Gasteiger partial charge in [0.2, 0.25) is 0 Å². The van der Waals surface area contributed by atoms with Crippen molar-refractivity contribution in [2.45, 2.75) is 71.2 Å². The smallest absolute Gasteiger partial charge is 0.303 e. The van der Waals surface area contributed by atoms with Crippen molar-refractivity contribution in [3.8, 4) is 0 Å². The Morgan fingerprint density at radius 2 is 0.897 bits per heavy atom. The van der Waals surface area contributed by atoms with Crippen molar-refractivity contribution in [1.29, 1.82) is 0 Å². The lowest BCUT2D eigenvalue weighted by molar-refractivity contribution is -0.207. The number of hydrogen-bond donors (Lipinski definition) is 0. The first kappa shape index (κ1) is 22.6. The fourth-order valence-electron chi connectivity index (χ4n) is 3.85. The third kappa shape index (κ3) is 5.66. The largest absolute Gasteiger partial charge is 0.457 e. The molecule has 0 spiro atoms. The van der Waals surface area contributed by atoms with Gasteiger partial charge in [-0.3, -0.25) is 28.9 Å². The zero-order chi connectivity index (χ0) is 21.9. The summed E-state index contributed by atoms with van der Waals surface area (Å²) in [5.41, 5.74) is 0. The van der Waals surface area contributed by atoms with Gasteiger partial charge in [0.1, 0.15) is 0 Å². The summed E-state index contributed by atoms with van der Waals surface area (Å²) >= 11 is 0. The van der Waals surface area contributed by atoms with Crippen LogP contribution < -0.4 is 0 Å². The van der Waals surface area contributed by atoms with Gasteiger partial charge in [0.15, 0.2) is 30.5 Å². The van der Waals surface area contributed by atoms with Crippen LogP contribution in [0.1, 0.15) is 34.6 Å². The van der Waals surface area contributed by atoms with Crippen molar-refractivity contribution in [1.82, 2.24) is 4.90 Å². The second-order valence-corrected chi connectivity index (χ2v) is 6.96. The third-order valence-electron chi connectivity index (χ3n) is 4.52. The summed E-state index contributed by atoms with van der Waals surface area (Å²) in [6.07, 6.45) is -5.01. The average molecular weight is 415 g/mol. The van der Waals surface area contributed by atoms with Crippen LogP contribution in [0.5, 0.6) is 0 Å². The molecule has 6 atom stereocenters. The summed E-state index contributed by atoms with van der Waals surface area (Å²) in [5.74, 6) is -3.16. The molecule has 29 heavy (non-hydrogen) atoms. The summed E-state index contributed by atoms with van der Waals surface area (Å²) in [5, 5.41) is 0. The lowest BCUT2D eigenvalue weighted by atomic mass is 9.91. The Hall–Kier alpha value is -2.69. The number of nitrogens with zero attached hydrogens (tertiary/aromatic N) is 1. The highest BCUT2D eigenvalue weighted by molar-refractivity contribution is 5.69. The van der Waals surface area contributed by atoms with E-state index in [1.54, 1.807) is 4.90 Å². The number of ether oxygens (including phenoxy) is 5. The maximum absolute atomic E-state index is 11.8. The Kier molecular flexibility index (Phi) is 7.17. The molecule has 2 aliphatic heterocycles. The predicted octanol–water partition coefficient (Wildman–Crippen LogP) is -0.657. The highest BCUT2D eigenvalue weighted by atomic mass is 16.6. The minimum atomic E-state index is -1.13. The summed E-state index contributed by atoms with van der Waals surface area (Å²) in [4.78, 5) is 59.9. The first-order chi connectivity index (χ1) is 13.5. The Bertz CT molecular complexity index is 692. The van der Waals surface area contributed by atoms with E-state index in [1.807, 2.05) is 0 Å². The molecule has 11 nitrogen and oxygen atoms in total. The Labute approximate surface area is 167 Å². The van der Waals surface area contributed by atoms with Crippen LogP contribution in [0, 0.1) is 0 Å². The molecule has 0 radical (unpaired) electrons. The van der Waals surface area contributed by atoms with Crippen LogP contribution in [0.25, 0.3) is 0 Å². The summed E-state index contributed by atoms with van der Waals surface area (Å²) in [7, 11) is 0. The molecule has 0 saturated carbocycles. The van der Waals surface area contributed by atoms with E-state index in [1.165, 1.54) is 34.6 Å². The molecule has 0 unspecified atom stereocenters. The highest BCUT2D eigenvalue weighted by Gasteiger charge is 2.59. The van der Waals surface area contributed by atoms with Gasteiger partial charge in [-0.1, -0.05) is 0 Å². The minimum absolute atomic E-state index is 0.0927. The molecule has 0 aromatic carbocycles. The fourth-order valence-corrected chi connectivity index (χ4v) is 3.85. The maximum atomic E-state index is 11.8. The van der Waals surface area contributed by atoms with Gasteiger partial charge in [0.05, 0.1) is 6.04 Å². The lowest BCUT2D eigenvalue weighted by Crippen LogP contribution is -2.64. The van der Waals surface area contributed by atoms with E-state index in [-0.39, 0.29) is 13.1 Å². The van der Waals surface area contributed by atoms with Gasteiger partial charge in [-0.15, -0.1) is 0 Å². The Balaban J connectivity index is 2.46. The zero-order valence-electron chi connectivity index (χ0n) is 16.9. The van der Waals surface area contributed by atoms with Crippen LogP contribution in [0.15, 0.2) is 0 Å². The Morgan fingerprint density at radius 3 is 1.31 bits per heavy atom. The molecule has 0 aromatic heterocycles. The van der Waals surface area contributed by atoms with Crippen LogP contribution in [0.4, 0.5) is 0 Å². The van der Waals surface area contributed by atoms with Gasteiger partial charge < -0.3 is 23.7 Å². The number of rotatable bonds is 5. The molecule has 2 aliphatic rings. The van der Waals surface area contributed by atoms with Crippen LogP contribution in [0.3, 0.4) is 0 Å². The molecule has 0 amide bonds. The topological polar surface area (TPSA) is 135 Å². The molecule has 0 N–H and O–H groups in total. The number of fused-ring (bicyclic) bond motifs is 1. The molecule has 162 valence electrons. The second kappa shape index (κ2) is 9.21. The van der Waals surface area contributed by atoms with E-state index >= 15 is 0 Å². The van der Waals surface area contributed by atoms with Gasteiger partial charge in [-0.25, -0.2) is 0 Å². The summed E-state index contributed by atoms with van der Waals surface area (Å²) < 4.78 is 26.7. The molecule has 2 saturated heterocycles. The van der Waals surface area contributed by atoms with Crippen molar-refractivity contribution >= 4 is 29.8 Å². The van der Waals surface area contributed by atoms with E-state index in [0.717, 1.165) is 0 Å². The first-order valence-corrected chi connectivity index (χ1v) is 9.09. The maximum Gasteiger partial charge on any atom is 0.303 e. The van der Waals surface area contributed by atoms with Crippen LogP contribution in [0.2, 0.25) is 0 Å². The van der Waals surface area contributed by atoms with Crippen molar-refractivity contribution < 1.29 is 47.7 Å². The summed E-state index contributed by atoms with van der Waals surface area (Å²) in [6.45, 7) is 6.19. The number of esters is 5. The van der Waals surface area contributed by atoms with E-state index in [0.29, 0.717) is 0 Å². The molecule has 2 fully saturated rings. The Morgan fingerprint density at radius 1 is 0.552 bits per heavy atom. The molecule has 0 aliphatic carbocycles. The second-order valence-electron chi connectivity index (χ2n) is 6.96. The molecule has 0 aromatic rings. The van der Waals surface area contributed by atoms with Crippen LogP contribution in [-0.2, 0) is 47.7 Å². The quantitative estimate of drug-likeness (QED) is 0.418. The normalized spacial score (nSPS) is 31.2. The average Bonchev–Trinajstić information content (AvgIpc) is 2.85. The summed E-state index contributed by atoms with van der Waals surface area (Å²) in [6, 6.07) is -0.775. The number of hydrogen-bond acceptors (Lipinski definition) is 11. The van der Waals surface area contributed by atoms with Crippen molar-refractivity contribution in [3.63, 3.8) is 0 Å². The third-order valence-corrected chi connectivity index (χ3v) is 4.52. The van der Waals surface area contributed by atoms with E-state index in [9.17, 15) is 24.0 Å². The molecule has 2 heterocycles. The van der Waals surface area contributed by atoms with Gasteiger partial charge in [-0.2, -0.15) is 0 Å². The number of piperidine rings is 1. The van der Waals surface area contributed by atoms with Gasteiger partial charge >= 0.3 is 29.8 Å². The molecular formula is C18H25NO10. The molecular weight excluding hydrogens is 390 g/mol. The molecule has 11 heteroatoms. The van der Waals surface area contributed by atoms with E-state index in [2.05, 4.69) is 0 Å². The monoisotopic (exact) mass is 415 g/mol. The van der Waals surface area contributed by atoms with Crippen molar-refractivity contribution in [3.05, 3.63) is 0 Å².